The third kappa shape index (κ3) is 4.23. The molecule has 0 bridgehead atoms. The van der Waals surface area contributed by atoms with Crippen molar-refractivity contribution < 1.29 is 9.53 Å². The van der Waals surface area contributed by atoms with Crippen LogP contribution in [0.5, 0.6) is 11.5 Å². The van der Waals surface area contributed by atoms with Gasteiger partial charge < -0.3 is 15.0 Å². The number of aromatic nitrogens is 4. The number of pyridine rings is 1. The molecule has 34 heavy (non-hydrogen) atoms. The van der Waals surface area contributed by atoms with Gasteiger partial charge in [0, 0.05) is 30.0 Å². The fourth-order valence-corrected chi connectivity index (χ4v) is 3.50. The Kier molecular flexibility index (Phi) is 5.50. The van der Waals surface area contributed by atoms with E-state index in [0.717, 1.165) is 22.1 Å². The Labute approximate surface area is 195 Å². The number of benzene rings is 2. The molecule has 1 N–H and O–H groups in total. The molecule has 1 amide bonds. The third-order valence-corrected chi connectivity index (χ3v) is 5.26. The van der Waals surface area contributed by atoms with Gasteiger partial charge >= 0.3 is 5.91 Å². The number of carbonyl (C=O) groups is 1. The number of amides is 1. The highest BCUT2D eigenvalue weighted by Gasteiger charge is 2.12. The van der Waals surface area contributed by atoms with Gasteiger partial charge in [0.05, 0.1) is 17.2 Å². The molecule has 0 aliphatic carbocycles. The number of fused-ring (bicyclic) bond motifs is 2. The molecule has 0 aliphatic heterocycles. The molecule has 5 rings (SSSR count). The van der Waals surface area contributed by atoms with E-state index in [2.05, 4.69) is 32.2 Å². The summed E-state index contributed by atoms with van der Waals surface area (Å²) < 4.78 is 7.72. The van der Waals surface area contributed by atoms with E-state index in [1.807, 2.05) is 66.9 Å². The Balaban J connectivity index is 1.37. The van der Waals surface area contributed by atoms with Crippen molar-refractivity contribution in [1.82, 2.24) is 19.6 Å². The van der Waals surface area contributed by atoms with E-state index in [1.165, 1.54) is 11.2 Å². The second kappa shape index (κ2) is 8.92. The maximum absolute atomic E-state index is 12.2. The Bertz CT molecular complexity index is 1560. The van der Waals surface area contributed by atoms with Crippen molar-refractivity contribution in [3.8, 4) is 23.3 Å². The Morgan fingerprint density at radius 3 is 2.68 bits per heavy atom. The first-order valence-electron chi connectivity index (χ1n) is 10.5. The normalized spacial score (nSPS) is 10.5. The molecule has 0 atom stereocenters. The van der Waals surface area contributed by atoms with Gasteiger partial charge in [0.25, 0.3) is 0 Å². The van der Waals surface area contributed by atoms with Crippen LogP contribution >= 0.6 is 0 Å². The Morgan fingerprint density at radius 1 is 1.03 bits per heavy atom. The second-order valence-corrected chi connectivity index (χ2v) is 7.48. The maximum Gasteiger partial charge on any atom is 0.302 e. The van der Waals surface area contributed by atoms with Crippen LogP contribution < -0.4 is 15.0 Å². The monoisotopic (exact) mass is 448 g/mol. The number of carbonyl (C=O) groups excluding carboxylic acids is 1. The van der Waals surface area contributed by atoms with Gasteiger partial charge in [-0.2, -0.15) is 5.10 Å². The lowest BCUT2D eigenvalue weighted by atomic mass is 10.2. The van der Waals surface area contributed by atoms with E-state index < -0.39 is 0 Å². The highest BCUT2D eigenvalue weighted by atomic mass is 16.5. The molecule has 3 aromatic heterocycles. The number of nitrogens with one attached hydrogen (secondary N) is 1. The van der Waals surface area contributed by atoms with Gasteiger partial charge in [-0.05, 0) is 73.5 Å². The van der Waals surface area contributed by atoms with Crippen LogP contribution in [-0.2, 0) is 4.79 Å². The van der Waals surface area contributed by atoms with Gasteiger partial charge in [0.15, 0.2) is 0 Å². The highest BCUT2D eigenvalue weighted by molar-refractivity contribution is 6.06. The quantitative estimate of drug-likeness (QED) is 0.389. The molecule has 8 nitrogen and oxygen atoms in total. The second-order valence-electron chi connectivity index (χ2n) is 7.48. The number of hydrogen-bond acceptors (Lipinski definition) is 6. The summed E-state index contributed by atoms with van der Waals surface area (Å²) in [6.07, 6.45) is 5.08. The minimum absolute atomic E-state index is 0.282. The number of rotatable bonds is 5. The topological polar surface area (TPSA) is 84.7 Å². The van der Waals surface area contributed by atoms with Gasteiger partial charge in [-0.25, -0.2) is 14.5 Å². The number of hydrogen-bond donors (Lipinski definition) is 1. The van der Waals surface area contributed by atoms with Crippen LogP contribution in [0.4, 0.5) is 17.2 Å². The molecule has 8 heteroatoms. The van der Waals surface area contributed by atoms with Crippen molar-refractivity contribution in [1.29, 1.82) is 0 Å². The molecule has 0 spiro atoms. The number of nitrogens with zero attached hydrogens (tertiary/aromatic N) is 5. The Hall–Kier alpha value is -4.90. The molecule has 5 aromatic rings. The van der Waals surface area contributed by atoms with Crippen LogP contribution in [0.15, 0.2) is 79.4 Å². The molecule has 2 aromatic carbocycles. The van der Waals surface area contributed by atoms with Crippen molar-refractivity contribution >= 4 is 39.5 Å². The molecular weight excluding hydrogens is 428 g/mol. The zero-order valence-electron chi connectivity index (χ0n) is 18.6. The van der Waals surface area contributed by atoms with E-state index in [0.29, 0.717) is 23.0 Å². The zero-order chi connectivity index (χ0) is 23.5. The number of ether oxygens (including phenoxy) is 1. The third-order valence-electron chi connectivity index (χ3n) is 5.26. The van der Waals surface area contributed by atoms with Crippen molar-refractivity contribution in [2.75, 3.05) is 17.3 Å². The number of anilines is 3. The fraction of sp³-hybridized carbons (Fsp3) is 0.0769. The fourth-order valence-electron chi connectivity index (χ4n) is 3.50. The van der Waals surface area contributed by atoms with Gasteiger partial charge in [-0.1, -0.05) is 5.92 Å². The molecule has 3 heterocycles. The molecule has 166 valence electrons. The summed E-state index contributed by atoms with van der Waals surface area (Å²) in [6, 6.07) is 18.9. The first-order valence-corrected chi connectivity index (χ1v) is 10.5. The highest BCUT2D eigenvalue weighted by Crippen LogP contribution is 2.29. The average Bonchev–Trinajstić information content (AvgIpc) is 3.33. The van der Waals surface area contributed by atoms with Crippen molar-refractivity contribution in [2.45, 2.75) is 6.92 Å². The lowest BCUT2D eigenvalue weighted by Gasteiger charge is -2.16. The van der Waals surface area contributed by atoms with Gasteiger partial charge in [-0.3, -0.25) is 4.79 Å². The SMILES string of the molecule is CC#CC(=O)N(C)c1ccc2ncnc(Nc3ccc(Oc4ccc5ccnn5c4)cc3)c2c1. The summed E-state index contributed by atoms with van der Waals surface area (Å²) in [5.74, 6) is 6.92. The lowest BCUT2D eigenvalue weighted by Crippen LogP contribution is -2.24. The van der Waals surface area contributed by atoms with Gasteiger partial charge in [0.2, 0.25) is 0 Å². The van der Waals surface area contributed by atoms with Crippen molar-refractivity contribution in [2.24, 2.45) is 0 Å². The molecular formula is C26H20N6O2. The van der Waals surface area contributed by atoms with Crippen molar-refractivity contribution in [3.05, 3.63) is 79.4 Å². The smallest absolute Gasteiger partial charge is 0.302 e. The first kappa shape index (κ1) is 21.0. The van der Waals surface area contributed by atoms with Crippen LogP contribution in [0.1, 0.15) is 6.92 Å². The van der Waals surface area contributed by atoms with E-state index in [9.17, 15) is 4.79 Å². The standard InChI is InChI=1S/C26H20N6O2/c1-3-4-25(33)31(2)20-8-12-24-23(15-20)26(28-17-27-24)30-18-5-9-21(10-6-18)34-22-11-7-19-13-14-29-32(19)16-22/h5-17H,1-2H3,(H,27,28,30). The van der Waals surface area contributed by atoms with Gasteiger partial charge in [0.1, 0.15) is 23.6 Å². The molecule has 0 aliphatic rings. The summed E-state index contributed by atoms with van der Waals surface area (Å²) in [5.41, 5.74) is 3.30. The van der Waals surface area contributed by atoms with E-state index in [4.69, 9.17) is 4.74 Å². The summed E-state index contributed by atoms with van der Waals surface area (Å²) in [6.45, 7) is 1.64. The van der Waals surface area contributed by atoms with E-state index in [1.54, 1.807) is 24.7 Å². The van der Waals surface area contributed by atoms with Crippen LogP contribution in [0.3, 0.4) is 0 Å². The molecule has 0 unspecified atom stereocenters. The van der Waals surface area contributed by atoms with Crippen LogP contribution in [0.2, 0.25) is 0 Å². The maximum atomic E-state index is 12.2. The predicted octanol–water partition coefficient (Wildman–Crippen LogP) is 4.80. The van der Waals surface area contributed by atoms with E-state index in [-0.39, 0.29) is 5.91 Å². The van der Waals surface area contributed by atoms with Crippen molar-refractivity contribution in [3.63, 3.8) is 0 Å². The van der Waals surface area contributed by atoms with Crippen LogP contribution in [0, 0.1) is 11.8 Å². The molecule has 0 fully saturated rings. The molecule has 0 saturated heterocycles. The van der Waals surface area contributed by atoms with Crippen LogP contribution in [-0.4, -0.2) is 32.5 Å². The summed E-state index contributed by atoms with van der Waals surface area (Å²) in [7, 11) is 1.69. The molecule has 0 radical (unpaired) electrons. The zero-order valence-corrected chi connectivity index (χ0v) is 18.6. The summed E-state index contributed by atoms with van der Waals surface area (Å²) >= 11 is 0. The summed E-state index contributed by atoms with van der Waals surface area (Å²) in [5, 5.41) is 8.34. The lowest BCUT2D eigenvalue weighted by molar-refractivity contribution is -0.113. The summed E-state index contributed by atoms with van der Waals surface area (Å²) in [4.78, 5) is 22.4. The minimum atomic E-state index is -0.282. The van der Waals surface area contributed by atoms with Gasteiger partial charge in [-0.15, -0.1) is 0 Å². The Morgan fingerprint density at radius 2 is 1.85 bits per heavy atom. The largest absolute Gasteiger partial charge is 0.456 e. The average molecular weight is 448 g/mol. The molecule has 0 saturated carbocycles. The van der Waals surface area contributed by atoms with Crippen LogP contribution in [0.25, 0.3) is 16.4 Å². The minimum Gasteiger partial charge on any atom is -0.456 e. The predicted molar refractivity (Wildman–Crippen MR) is 131 cm³/mol. The van der Waals surface area contributed by atoms with E-state index >= 15 is 0 Å². The first-order chi connectivity index (χ1) is 16.6.